The van der Waals surface area contributed by atoms with Crippen LogP contribution < -0.4 is 20.1 Å². The molecule has 4 rings (SSSR count). The average Bonchev–Trinajstić information content (AvgIpc) is 3.20. The van der Waals surface area contributed by atoms with Gasteiger partial charge < -0.3 is 20.1 Å². The zero-order valence-electron chi connectivity index (χ0n) is 17.4. The molecule has 7 nitrogen and oxygen atoms in total. The second-order valence-corrected chi connectivity index (χ2v) is 7.46. The molecule has 1 fully saturated rings. The molecule has 160 valence electrons. The highest BCUT2D eigenvalue weighted by atomic mass is 16.5. The Kier molecular flexibility index (Phi) is 5.77. The Labute approximate surface area is 185 Å². The summed E-state index contributed by atoms with van der Waals surface area (Å²) in [6, 6.07) is 21.2. The minimum atomic E-state index is -0.539. The van der Waals surface area contributed by atoms with Gasteiger partial charge in [-0.3, -0.25) is 9.59 Å². The van der Waals surface area contributed by atoms with Gasteiger partial charge in [0.25, 0.3) is 0 Å². The monoisotopic (exact) mass is 427 g/mol. The van der Waals surface area contributed by atoms with Gasteiger partial charge in [0.1, 0.15) is 17.2 Å². The van der Waals surface area contributed by atoms with Crippen LogP contribution >= 0.6 is 0 Å². The van der Waals surface area contributed by atoms with E-state index in [1.54, 1.807) is 66.6 Å². The van der Waals surface area contributed by atoms with Crippen molar-refractivity contribution in [3.05, 3.63) is 83.4 Å². The van der Waals surface area contributed by atoms with Crippen LogP contribution in [0.15, 0.2) is 66.7 Å². The van der Waals surface area contributed by atoms with Gasteiger partial charge in [0, 0.05) is 41.8 Å². The topological polar surface area (TPSA) is 106 Å². The van der Waals surface area contributed by atoms with Crippen LogP contribution in [0.1, 0.15) is 33.8 Å². The highest BCUT2D eigenvalue weighted by molar-refractivity contribution is 5.99. The van der Waals surface area contributed by atoms with Crippen molar-refractivity contribution in [2.24, 2.45) is 5.73 Å². The second-order valence-electron chi connectivity index (χ2n) is 7.46. The van der Waals surface area contributed by atoms with Gasteiger partial charge in [-0.25, -0.2) is 0 Å². The van der Waals surface area contributed by atoms with Gasteiger partial charge in [0.2, 0.25) is 11.8 Å². The molecule has 1 atom stereocenters. The van der Waals surface area contributed by atoms with E-state index < -0.39 is 5.91 Å². The maximum absolute atomic E-state index is 12.8. The normalized spacial score (nSPS) is 15.3. The fraction of sp³-hybridized carbons (Fsp3) is 0.160. The smallest absolute Gasteiger partial charge is 0.248 e. The Morgan fingerprint density at radius 1 is 1.09 bits per heavy atom. The first kappa shape index (κ1) is 20.9. The molecule has 1 saturated heterocycles. The molecule has 1 unspecified atom stereocenters. The average molecular weight is 427 g/mol. The number of primary amides is 1. The van der Waals surface area contributed by atoms with E-state index in [0.717, 1.165) is 5.56 Å². The van der Waals surface area contributed by atoms with E-state index in [9.17, 15) is 9.59 Å². The molecule has 0 aromatic heterocycles. The minimum absolute atomic E-state index is 0.0447. The van der Waals surface area contributed by atoms with Gasteiger partial charge in [0.05, 0.1) is 18.7 Å². The van der Waals surface area contributed by atoms with Crippen LogP contribution in [0.25, 0.3) is 0 Å². The lowest BCUT2D eigenvalue weighted by atomic mass is 9.97. The van der Waals surface area contributed by atoms with E-state index in [4.69, 9.17) is 20.5 Å². The second kappa shape index (κ2) is 8.82. The van der Waals surface area contributed by atoms with Gasteiger partial charge in [-0.05, 0) is 48.5 Å². The summed E-state index contributed by atoms with van der Waals surface area (Å²) in [6.07, 6.45) is 0.302. The number of rotatable bonds is 6. The Morgan fingerprint density at radius 3 is 2.53 bits per heavy atom. The van der Waals surface area contributed by atoms with Gasteiger partial charge in [-0.15, -0.1) is 0 Å². The first-order valence-corrected chi connectivity index (χ1v) is 10.0. The quantitative estimate of drug-likeness (QED) is 0.641. The number of benzene rings is 3. The number of methoxy groups -OCH3 is 1. The van der Waals surface area contributed by atoms with Crippen molar-refractivity contribution in [2.75, 3.05) is 18.6 Å². The zero-order valence-corrected chi connectivity index (χ0v) is 17.4. The molecule has 0 spiro atoms. The Balaban J connectivity index is 1.63. The Bertz CT molecular complexity index is 1210. The fourth-order valence-corrected chi connectivity index (χ4v) is 3.78. The van der Waals surface area contributed by atoms with Crippen LogP contribution in [0, 0.1) is 11.3 Å². The molecule has 2 amide bonds. The van der Waals surface area contributed by atoms with Crippen molar-refractivity contribution in [2.45, 2.75) is 12.3 Å². The van der Waals surface area contributed by atoms with Crippen LogP contribution in [-0.2, 0) is 4.79 Å². The SMILES string of the molecule is COc1ccc(C2CC(=O)N(c3cccc(C(N)=O)c3)C2)c(Oc2ccc(C#N)cc2)c1. The molecule has 32 heavy (non-hydrogen) atoms. The van der Waals surface area contributed by atoms with E-state index in [0.29, 0.717) is 47.0 Å². The highest BCUT2D eigenvalue weighted by Gasteiger charge is 2.33. The third-order valence-electron chi connectivity index (χ3n) is 5.44. The van der Waals surface area contributed by atoms with E-state index in [-0.39, 0.29) is 11.8 Å². The molecule has 2 N–H and O–H groups in total. The van der Waals surface area contributed by atoms with Crippen molar-refractivity contribution in [1.29, 1.82) is 5.26 Å². The molecule has 0 saturated carbocycles. The summed E-state index contributed by atoms with van der Waals surface area (Å²) in [5.74, 6) is 1.10. The number of carbonyl (C=O) groups excluding carboxylic acids is 2. The van der Waals surface area contributed by atoms with Crippen LogP contribution in [0.5, 0.6) is 17.2 Å². The minimum Gasteiger partial charge on any atom is -0.497 e. The summed E-state index contributed by atoms with van der Waals surface area (Å²) in [6.45, 7) is 0.442. The summed E-state index contributed by atoms with van der Waals surface area (Å²) in [4.78, 5) is 26.0. The molecule has 7 heteroatoms. The van der Waals surface area contributed by atoms with Crippen LogP contribution in [-0.4, -0.2) is 25.5 Å². The number of ether oxygens (including phenoxy) is 2. The van der Waals surface area contributed by atoms with Gasteiger partial charge in [-0.2, -0.15) is 5.26 Å². The molecule has 1 heterocycles. The third-order valence-corrected chi connectivity index (χ3v) is 5.44. The number of carbonyl (C=O) groups is 2. The van der Waals surface area contributed by atoms with E-state index in [1.165, 1.54) is 0 Å². The molecule has 3 aromatic rings. The predicted octanol–water partition coefficient (Wildman–Crippen LogP) is 3.98. The summed E-state index contributed by atoms with van der Waals surface area (Å²) < 4.78 is 11.5. The summed E-state index contributed by atoms with van der Waals surface area (Å²) in [5.41, 5.74) is 7.79. The van der Waals surface area contributed by atoms with Gasteiger partial charge >= 0.3 is 0 Å². The molecule has 0 bridgehead atoms. The van der Waals surface area contributed by atoms with Gasteiger partial charge in [0.15, 0.2) is 0 Å². The largest absolute Gasteiger partial charge is 0.497 e. The van der Waals surface area contributed by atoms with Crippen molar-refractivity contribution >= 4 is 17.5 Å². The van der Waals surface area contributed by atoms with E-state index >= 15 is 0 Å². The van der Waals surface area contributed by atoms with E-state index in [1.807, 2.05) is 12.1 Å². The molecular formula is C25H21N3O4. The Hall–Kier alpha value is -4.31. The third kappa shape index (κ3) is 4.25. The first-order valence-electron chi connectivity index (χ1n) is 10.0. The number of nitriles is 1. The van der Waals surface area contributed by atoms with Crippen LogP contribution in [0.2, 0.25) is 0 Å². The number of nitrogens with zero attached hydrogens (tertiary/aromatic N) is 2. The number of amides is 2. The van der Waals surface area contributed by atoms with E-state index in [2.05, 4.69) is 6.07 Å². The van der Waals surface area contributed by atoms with Crippen LogP contribution in [0.3, 0.4) is 0 Å². The summed E-state index contributed by atoms with van der Waals surface area (Å²) in [5, 5.41) is 9.00. The molecule has 0 radical (unpaired) electrons. The molecule has 3 aromatic carbocycles. The maximum Gasteiger partial charge on any atom is 0.248 e. The molecular weight excluding hydrogens is 406 g/mol. The van der Waals surface area contributed by atoms with Crippen molar-refractivity contribution in [1.82, 2.24) is 0 Å². The number of hydrogen-bond donors (Lipinski definition) is 1. The number of nitrogens with two attached hydrogens (primary N) is 1. The standard InChI is InChI=1S/C25H21N3O4/c1-31-21-9-10-22(23(13-21)32-20-7-5-16(14-26)6-8-20)18-12-24(29)28(15-18)19-4-2-3-17(11-19)25(27)30/h2-11,13,18H,12,15H2,1H3,(H2,27,30). The van der Waals surface area contributed by atoms with Crippen LogP contribution in [0.4, 0.5) is 5.69 Å². The highest BCUT2D eigenvalue weighted by Crippen LogP contribution is 2.39. The number of anilines is 1. The lowest BCUT2D eigenvalue weighted by Crippen LogP contribution is -2.24. The summed E-state index contributed by atoms with van der Waals surface area (Å²) in [7, 11) is 1.58. The lowest BCUT2D eigenvalue weighted by Gasteiger charge is -2.19. The van der Waals surface area contributed by atoms with Crippen molar-refractivity contribution in [3.63, 3.8) is 0 Å². The Morgan fingerprint density at radius 2 is 1.84 bits per heavy atom. The summed E-state index contributed by atoms with van der Waals surface area (Å²) >= 11 is 0. The van der Waals surface area contributed by atoms with Crippen molar-refractivity contribution < 1.29 is 19.1 Å². The van der Waals surface area contributed by atoms with Gasteiger partial charge in [-0.1, -0.05) is 12.1 Å². The number of hydrogen-bond acceptors (Lipinski definition) is 5. The maximum atomic E-state index is 12.8. The first-order chi connectivity index (χ1) is 15.5. The lowest BCUT2D eigenvalue weighted by molar-refractivity contribution is -0.117. The zero-order chi connectivity index (χ0) is 22.7. The predicted molar refractivity (Wildman–Crippen MR) is 119 cm³/mol. The molecule has 0 aliphatic carbocycles. The molecule has 1 aliphatic rings. The molecule has 1 aliphatic heterocycles. The fourth-order valence-electron chi connectivity index (χ4n) is 3.78. The van der Waals surface area contributed by atoms with Crippen molar-refractivity contribution in [3.8, 4) is 23.3 Å².